The lowest BCUT2D eigenvalue weighted by Crippen LogP contribution is -2.70. The van der Waals surface area contributed by atoms with E-state index in [1.165, 1.54) is 18.0 Å². The monoisotopic (exact) mass is 580 g/mol. The average molecular weight is 581 g/mol. The van der Waals surface area contributed by atoms with Crippen molar-refractivity contribution in [1.82, 2.24) is 9.55 Å². The van der Waals surface area contributed by atoms with Gasteiger partial charge in [-0.05, 0) is 97.2 Å². The number of rotatable bonds is 2. The highest BCUT2D eigenvalue weighted by Gasteiger charge is 2.73. The van der Waals surface area contributed by atoms with Gasteiger partial charge >= 0.3 is 12.1 Å². The molecule has 5 fully saturated rings. The molecule has 0 radical (unpaired) electrons. The lowest BCUT2D eigenvalue weighted by molar-refractivity contribution is -0.246. The summed E-state index contributed by atoms with van der Waals surface area (Å²) in [6, 6.07) is 0. The molecule has 0 aliphatic heterocycles. The number of hydrogen-bond acceptors (Lipinski definition) is 6. The highest BCUT2D eigenvalue weighted by atomic mass is 16.6. The molecule has 0 amide bonds. The number of ether oxygens (including phenoxy) is 2. The molecule has 1 heterocycles. The number of imidazole rings is 1. The molecule has 0 aromatic carbocycles. The minimum Gasteiger partial charge on any atom is -0.469 e. The molecule has 0 saturated heterocycles. The Hall–Kier alpha value is -2.18. The summed E-state index contributed by atoms with van der Waals surface area (Å²) in [5.41, 5.74) is -0.832. The number of ketones is 1. The third kappa shape index (κ3) is 3.89. The van der Waals surface area contributed by atoms with Crippen LogP contribution in [0, 0.1) is 56.2 Å². The number of fused-ring (bicyclic) bond motifs is 7. The van der Waals surface area contributed by atoms with Crippen molar-refractivity contribution in [3.05, 3.63) is 18.7 Å². The van der Waals surface area contributed by atoms with Gasteiger partial charge in [0.2, 0.25) is 0 Å². The second-order valence-corrected chi connectivity index (χ2v) is 17.0. The molecular weight excluding hydrogens is 528 g/mol. The fraction of sp³-hybridized carbons (Fsp3) is 0.829. The number of Topliss-reactive ketones (excluding diaryl/α,β-unsaturated/α-hetero) is 1. The molecule has 0 N–H and O–H groups in total. The van der Waals surface area contributed by atoms with Gasteiger partial charge in [-0.15, -0.1) is 0 Å². The minimum atomic E-state index is -0.534. The van der Waals surface area contributed by atoms with Crippen LogP contribution in [0.4, 0.5) is 4.79 Å². The molecule has 0 bridgehead atoms. The van der Waals surface area contributed by atoms with E-state index < -0.39 is 5.41 Å². The van der Waals surface area contributed by atoms with Gasteiger partial charge in [0.25, 0.3) is 0 Å². The van der Waals surface area contributed by atoms with E-state index in [0.717, 1.165) is 57.8 Å². The first-order chi connectivity index (χ1) is 19.6. The number of aromatic nitrogens is 2. The average Bonchev–Trinajstić information content (AvgIpc) is 3.46. The smallest absolute Gasteiger partial charge is 0.419 e. The summed E-state index contributed by atoms with van der Waals surface area (Å²) in [6.07, 6.45) is 13.1. The van der Waals surface area contributed by atoms with Crippen molar-refractivity contribution >= 4 is 17.8 Å². The fourth-order valence-electron chi connectivity index (χ4n) is 12.0. The van der Waals surface area contributed by atoms with E-state index in [4.69, 9.17) is 9.47 Å². The van der Waals surface area contributed by atoms with Gasteiger partial charge in [-0.1, -0.05) is 48.5 Å². The van der Waals surface area contributed by atoms with Crippen LogP contribution in [0.25, 0.3) is 0 Å². The van der Waals surface area contributed by atoms with Crippen LogP contribution in [0.1, 0.15) is 113 Å². The molecule has 7 heteroatoms. The second kappa shape index (κ2) is 9.41. The van der Waals surface area contributed by atoms with Gasteiger partial charge < -0.3 is 9.47 Å². The van der Waals surface area contributed by atoms with Crippen molar-refractivity contribution in [2.75, 3.05) is 7.11 Å². The van der Waals surface area contributed by atoms with Crippen molar-refractivity contribution in [3.8, 4) is 0 Å². The first-order valence-corrected chi connectivity index (χ1v) is 16.4. The Labute approximate surface area is 251 Å². The number of carbonyl (C=O) groups is 3. The molecule has 5 aliphatic rings. The molecule has 1 aromatic rings. The van der Waals surface area contributed by atoms with Crippen LogP contribution in [0.5, 0.6) is 0 Å². The molecule has 232 valence electrons. The van der Waals surface area contributed by atoms with E-state index in [-0.39, 0.29) is 63.0 Å². The summed E-state index contributed by atoms with van der Waals surface area (Å²) in [7, 11) is 1.52. The van der Waals surface area contributed by atoms with Gasteiger partial charge in [0.05, 0.1) is 12.5 Å². The third-order valence-electron chi connectivity index (χ3n) is 14.5. The van der Waals surface area contributed by atoms with Crippen molar-refractivity contribution in [2.45, 2.75) is 119 Å². The Morgan fingerprint density at radius 2 is 1.62 bits per heavy atom. The molecule has 1 aromatic heterocycles. The largest absolute Gasteiger partial charge is 0.469 e. The minimum absolute atomic E-state index is 0.00288. The lowest BCUT2D eigenvalue weighted by atomic mass is 9.31. The fourth-order valence-corrected chi connectivity index (χ4v) is 12.0. The van der Waals surface area contributed by atoms with Gasteiger partial charge in [-0.25, -0.2) is 14.3 Å². The maximum Gasteiger partial charge on any atom is 0.419 e. The van der Waals surface area contributed by atoms with Crippen LogP contribution in [0.15, 0.2) is 18.7 Å². The quantitative estimate of drug-likeness (QED) is 0.337. The number of methoxy groups -OCH3 is 1. The molecule has 0 spiro atoms. The summed E-state index contributed by atoms with van der Waals surface area (Å²) in [4.78, 5) is 45.0. The standard InChI is InChI=1S/C35H52N2O5/c1-30(2)13-15-35(28(39)41-8)16-14-34(7)27(22(35)20-30)23(38)19-25-32(5)11-10-26(42-29(40)37-18-17-36-21-37)31(3,4)24(32)9-12-33(25,34)6/h17-18,21-22,24-27H,9-16,19-20H2,1-8H3/t22-,24-,25+,26-,27-,32-,33+,34+,35-/m0/s1. The number of carbonyl (C=O) groups excluding carboxylic acids is 3. The molecule has 42 heavy (non-hydrogen) atoms. The van der Waals surface area contributed by atoms with Crippen molar-refractivity contribution < 1.29 is 23.9 Å². The molecule has 5 aliphatic carbocycles. The van der Waals surface area contributed by atoms with Gasteiger partial charge in [-0.3, -0.25) is 9.59 Å². The van der Waals surface area contributed by atoms with Gasteiger partial charge in [0, 0.05) is 30.1 Å². The van der Waals surface area contributed by atoms with Crippen LogP contribution in [-0.2, 0) is 19.1 Å². The Kier molecular flexibility index (Phi) is 6.69. The topological polar surface area (TPSA) is 87.5 Å². The van der Waals surface area contributed by atoms with Crippen molar-refractivity contribution in [1.29, 1.82) is 0 Å². The maximum atomic E-state index is 14.6. The summed E-state index contributed by atoms with van der Waals surface area (Å²) < 4.78 is 13.0. The highest BCUT2D eigenvalue weighted by Crippen LogP contribution is 2.76. The zero-order valence-electron chi connectivity index (χ0n) is 27.1. The first-order valence-electron chi connectivity index (χ1n) is 16.4. The molecule has 9 atom stereocenters. The molecule has 5 saturated carbocycles. The van der Waals surface area contributed by atoms with E-state index in [2.05, 4.69) is 53.5 Å². The summed E-state index contributed by atoms with van der Waals surface area (Å²) in [6.45, 7) is 16.5. The van der Waals surface area contributed by atoms with E-state index in [9.17, 15) is 14.4 Å². The summed E-state index contributed by atoms with van der Waals surface area (Å²) in [5.74, 6) is 0.834. The normalized spacial score (nSPS) is 45.4. The Balaban J connectivity index is 1.33. The number of hydrogen-bond donors (Lipinski definition) is 0. The molecule has 0 unspecified atom stereocenters. The van der Waals surface area contributed by atoms with Crippen LogP contribution < -0.4 is 0 Å². The number of nitrogens with zero attached hydrogens (tertiary/aromatic N) is 2. The zero-order valence-corrected chi connectivity index (χ0v) is 27.1. The maximum absolute atomic E-state index is 14.6. The SMILES string of the molecule is COC(=O)[C@]12CCC(C)(C)C[C@H]1[C@H]1C(=O)C[C@@H]3[C@@]4(C)CC[C@H](OC(=O)n5ccnc5)C(C)(C)[C@@H]4CC[C@@]3(C)[C@]1(C)CC2. The van der Waals surface area contributed by atoms with Crippen LogP contribution >= 0.6 is 0 Å². The van der Waals surface area contributed by atoms with E-state index >= 15 is 0 Å². The Bertz CT molecular complexity index is 1270. The van der Waals surface area contributed by atoms with Crippen LogP contribution in [-0.4, -0.2) is 40.6 Å². The van der Waals surface area contributed by atoms with E-state index in [0.29, 0.717) is 18.1 Å². The molecule has 7 nitrogen and oxygen atoms in total. The Morgan fingerprint density at radius 1 is 0.905 bits per heavy atom. The Morgan fingerprint density at radius 3 is 2.29 bits per heavy atom. The second-order valence-electron chi connectivity index (χ2n) is 17.0. The predicted octanol–water partition coefficient (Wildman–Crippen LogP) is 7.47. The lowest BCUT2D eigenvalue weighted by Gasteiger charge is -2.72. The zero-order chi connectivity index (χ0) is 30.5. The highest BCUT2D eigenvalue weighted by molar-refractivity contribution is 5.86. The first kappa shape index (κ1) is 29.9. The summed E-state index contributed by atoms with van der Waals surface area (Å²) >= 11 is 0. The van der Waals surface area contributed by atoms with Gasteiger partial charge in [0.1, 0.15) is 18.2 Å². The molecular formula is C35H52N2O5. The van der Waals surface area contributed by atoms with Crippen molar-refractivity contribution in [2.24, 2.45) is 56.2 Å². The van der Waals surface area contributed by atoms with Gasteiger partial charge in [-0.2, -0.15) is 0 Å². The van der Waals surface area contributed by atoms with Crippen molar-refractivity contribution in [3.63, 3.8) is 0 Å². The van der Waals surface area contributed by atoms with Crippen LogP contribution in [0.3, 0.4) is 0 Å². The van der Waals surface area contributed by atoms with E-state index in [1.54, 1.807) is 12.4 Å². The van der Waals surface area contributed by atoms with Crippen LogP contribution in [0.2, 0.25) is 0 Å². The third-order valence-corrected chi connectivity index (χ3v) is 14.5. The van der Waals surface area contributed by atoms with Gasteiger partial charge in [0.15, 0.2) is 0 Å². The summed E-state index contributed by atoms with van der Waals surface area (Å²) in [5, 5.41) is 0. The molecule has 6 rings (SSSR count). The van der Waals surface area contributed by atoms with E-state index in [1.807, 2.05) is 0 Å². The number of esters is 1. The predicted molar refractivity (Wildman–Crippen MR) is 159 cm³/mol.